The average molecular weight is 422 g/mol. The zero-order valence-electron chi connectivity index (χ0n) is 17.9. The molecule has 3 rings (SSSR count). The summed E-state index contributed by atoms with van der Waals surface area (Å²) >= 11 is 1.38. The molecule has 0 spiro atoms. The average Bonchev–Trinajstić information content (AvgIpc) is 3.16. The number of hydrogen-bond acceptors (Lipinski definition) is 4. The first-order valence-corrected chi connectivity index (χ1v) is 11.1. The highest BCUT2D eigenvalue weighted by Crippen LogP contribution is 2.29. The lowest BCUT2D eigenvalue weighted by Gasteiger charge is -2.19. The van der Waals surface area contributed by atoms with Crippen molar-refractivity contribution in [2.24, 2.45) is 0 Å². The van der Waals surface area contributed by atoms with Crippen LogP contribution in [0.1, 0.15) is 52.1 Å². The third-order valence-electron chi connectivity index (χ3n) is 5.03. The minimum absolute atomic E-state index is 0.0390. The number of nitrogens with zero attached hydrogens (tertiary/aromatic N) is 2. The van der Waals surface area contributed by atoms with Crippen LogP contribution in [0.3, 0.4) is 0 Å². The minimum Gasteiger partial charge on any atom is -0.339 e. The fourth-order valence-corrected chi connectivity index (χ4v) is 4.19. The van der Waals surface area contributed by atoms with E-state index in [4.69, 9.17) is 0 Å². The fourth-order valence-electron chi connectivity index (χ4n) is 3.22. The summed E-state index contributed by atoms with van der Waals surface area (Å²) in [4.78, 5) is 32.4. The van der Waals surface area contributed by atoms with Gasteiger partial charge in [0.25, 0.3) is 11.8 Å². The molecule has 0 saturated heterocycles. The Morgan fingerprint density at radius 2 is 1.73 bits per heavy atom. The molecule has 6 heteroatoms. The molecule has 156 valence electrons. The molecule has 0 aliphatic carbocycles. The molecule has 0 aliphatic heterocycles. The van der Waals surface area contributed by atoms with Crippen LogP contribution in [0.4, 0.5) is 5.69 Å². The third-order valence-corrected chi connectivity index (χ3v) is 6.24. The van der Waals surface area contributed by atoms with Crippen molar-refractivity contribution < 1.29 is 9.59 Å². The molecule has 3 aromatic rings. The Morgan fingerprint density at radius 1 is 1.03 bits per heavy atom. The van der Waals surface area contributed by atoms with Crippen LogP contribution >= 0.6 is 11.3 Å². The van der Waals surface area contributed by atoms with Gasteiger partial charge >= 0.3 is 0 Å². The van der Waals surface area contributed by atoms with Gasteiger partial charge in [0.05, 0.1) is 5.69 Å². The second-order valence-corrected chi connectivity index (χ2v) is 8.00. The molecule has 2 aromatic carbocycles. The van der Waals surface area contributed by atoms with Gasteiger partial charge in [-0.2, -0.15) is 0 Å². The van der Waals surface area contributed by atoms with E-state index in [0.717, 1.165) is 17.0 Å². The van der Waals surface area contributed by atoms with Crippen molar-refractivity contribution in [2.45, 2.75) is 34.1 Å². The summed E-state index contributed by atoms with van der Waals surface area (Å²) in [5.41, 5.74) is 4.13. The van der Waals surface area contributed by atoms with E-state index in [1.165, 1.54) is 16.9 Å². The van der Waals surface area contributed by atoms with E-state index in [9.17, 15) is 9.59 Å². The number of aryl methyl sites for hydroxylation is 2. The van der Waals surface area contributed by atoms with Gasteiger partial charge < -0.3 is 10.2 Å². The van der Waals surface area contributed by atoms with E-state index >= 15 is 0 Å². The van der Waals surface area contributed by atoms with E-state index in [1.54, 1.807) is 29.2 Å². The minimum atomic E-state index is -0.214. The van der Waals surface area contributed by atoms with Gasteiger partial charge in [-0.05, 0) is 51.0 Å². The fraction of sp³-hybridized carbons (Fsp3) is 0.292. The third kappa shape index (κ3) is 4.76. The molecule has 30 heavy (non-hydrogen) atoms. The van der Waals surface area contributed by atoms with Crippen LogP contribution in [0, 0.1) is 6.92 Å². The number of rotatable bonds is 7. The van der Waals surface area contributed by atoms with Gasteiger partial charge in [-0.15, -0.1) is 11.3 Å². The molecule has 0 atom stereocenters. The maximum absolute atomic E-state index is 12.9. The van der Waals surface area contributed by atoms with E-state index in [-0.39, 0.29) is 11.8 Å². The van der Waals surface area contributed by atoms with Crippen LogP contribution in [0.15, 0.2) is 48.5 Å². The maximum atomic E-state index is 12.9. The molecule has 0 unspecified atom stereocenters. The SMILES string of the molecule is CCc1ccc(-c2nc(C)c(C(=O)Nc3cccc(C(=O)N(CC)CC)c3)s2)cc1. The second-order valence-electron chi connectivity index (χ2n) is 7.00. The standard InChI is InChI=1S/C24H27N3O2S/c1-5-17-11-13-18(14-12-17)23-25-16(4)21(30-23)22(28)26-20-10-8-9-19(15-20)24(29)27(6-2)7-3/h8-15H,5-7H2,1-4H3,(H,26,28). The summed E-state index contributed by atoms with van der Waals surface area (Å²) in [7, 11) is 0. The van der Waals surface area contributed by atoms with E-state index in [2.05, 4.69) is 29.4 Å². The molecule has 1 heterocycles. The van der Waals surface area contributed by atoms with Gasteiger partial charge in [0.15, 0.2) is 0 Å². The number of nitrogens with one attached hydrogen (secondary N) is 1. The van der Waals surface area contributed by atoms with Gasteiger partial charge in [0.2, 0.25) is 0 Å². The summed E-state index contributed by atoms with van der Waals surface area (Å²) in [5.74, 6) is -0.253. The molecule has 0 radical (unpaired) electrons. The lowest BCUT2D eigenvalue weighted by molar-refractivity contribution is 0.0772. The quantitative estimate of drug-likeness (QED) is 0.554. The monoisotopic (exact) mass is 421 g/mol. The number of aromatic nitrogens is 1. The predicted octanol–water partition coefficient (Wildman–Crippen LogP) is 5.42. The van der Waals surface area contributed by atoms with Crippen molar-refractivity contribution in [3.05, 3.63) is 70.2 Å². The Morgan fingerprint density at radius 3 is 2.37 bits per heavy atom. The van der Waals surface area contributed by atoms with Crippen LogP contribution in [-0.2, 0) is 6.42 Å². The Hall–Kier alpha value is -2.99. The van der Waals surface area contributed by atoms with Crippen molar-refractivity contribution in [3.8, 4) is 10.6 Å². The van der Waals surface area contributed by atoms with Crippen molar-refractivity contribution >= 4 is 28.8 Å². The first-order chi connectivity index (χ1) is 14.5. The van der Waals surface area contributed by atoms with Gasteiger partial charge in [-0.1, -0.05) is 37.3 Å². The molecular formula is C24H27N3O2S. The highest BCUT2D eigenvalue weighted by Gasteiger charge is 2.18. The maximum Gasteiger partial charge on any atom is 0.267 e. The number of carbonyl (C=O) groups excluding carboxylic acids is 2. The zero-order valence-corrected chi connectivity index (χ0v) is 18.7. The van der Waals surface area contributed by atoms with E-state index < -0.39 is 0 Å². The van der Waals surface area contributed by atoms with Gasteiger partial charge in [0.1, 0.15) is 9.88 Å². The van der Waals surface area contributed by atoms with Crippen molar-refractivity contribution in [1.29, 1.82) is 0 Å². The van der Waals surface area contributed by atoms with E-state index in [0.29, 0.717) is 34.9 Å². The van der Waals surface area contributed by atoms with Crippen LogP contribution in [0.5, 0.6) is 0 Å². The molecule has 0 aliphatic rings. The second kappa shape index (κ2) is 9.67. The summed E-state index contributed by atoms with van der Waals surface area (Å²) < 4.78 is 0. The molecule has 0 saturated carbocycles. The predicted molar refractivity (Wildman–Crippen MR) is 123 cm³/mol. The van der Waals surface area contributed by atoms with Crippen molar-refractivity contribution in [1.82, 2.24) is 9.88 Å². The molecule has 2 amide bonds. The largest absolute Gasteiger partial charge is 0.339 e. The number of benzene rings is 2. The highest BCUT2D eigenvalue weighted by atomic mass is 32.1. The first kappa shape index (κ1) is 21.7. The first-order valence-electron chi connectivity index (χ1n) is 10.2. The summed E-state index contributed by atoms with van der Waals surface area (Å²) in [6, 6.07) is 15.3. The number of hydrogen-bond donors (Lipinski definition) is 1. The van der Waals surface area contributed by atoms with Crippen LogP contribution in [-0.4, -0.2) is 34.8 Å². The van der Waals surface area contributed by atoms with Crippen molar-refractivity contribution in [2.75, 3.05) is 18.4 Å². The zero-order chi connectivity index (χ0) is 21.7. The lowest BCUT2D eigenvalue weighted by atomic mass is 10.1. The summed E-state index contributed by atoms with van der Waals surface area (Å²) in [6.07, 6.45) is 0.987. The van der Waals surface area contributed by atoms with Gasteiger partial charge in [0, 0.05) is 29.9 Å². The smallest absolute Gasteiger partial charge is 0.267 e. The Kier molecular flexibility index (Phi) is 7.00. The number of amides is 2. The van der Waals surface area contributed by atoms with E-state index in [1.807, 2.05) is 32.9 Å². The van der Waals surface area contributed by atoms with Crippen LogP contribution in [0.25, 0.3) is 10.6 Å². The highest BCUT2D eigenvalue weighted by molar-refractivity contribution is 7.17. The Balaban J connectivity index is 1.79. The lowest BCUT2D eigenvalue weighted by Crippen LogP contribution is -2.30. The summed E-state index contributed by atoms with van der Waals surface area (Å²) in [5, 5.41) is 3.74. The summed E-state index contributed by atoms with van der Waals surface area (Å²) in [6.45, 7) is 9.16. The molecule has 0 bridgehead atoms. The number of thiazole rings is 1. The molecule has 1 aromatic heterocycles. The topological polar surface area (TPSA) is 62.3 Å². The number of anilines is 1. The molecular weight excluding hydrogens is 394 g/mol. The Bertz CT molecular complexity index is 1040. The normalized spacial score (nSPS) is 10.7. The number of carbonyl (C=O) groups is 2. The molecule has 0 fully saturated rings. The molecule has 5 nitrogen and oxygen atoms in total. The van der Waals surface area contributed by atoms with Gasteiger partial charge in [-0.25, -0.2) is 4.98 Å². The van der Waals surface area contributed by atoms with Crippen LogP contribution < -0.4 is 5.32 Å². The Labute approximate surface area is 181 Å². The van der Waals surface area contributed by atoms with Gasteiger partial charge in [-0.3, -0.25) is 9.59 Å². The van der Waals surface area contributed by atoms with Crippen LogP contribution in [0.2, 0.25) is 0 Å². The van der Waals surface area contributed by atoms with Crippen molar-refractivity contribution in [3.63, 3.8) is 0 Å². The molecule has 1 N–H and O–H groups in total.